The molecule has 0 radical (unpaired) electrons. The molecule has 26 heavy (non-hydrogen) atoms. The SMILES string of the molecule is O=C(NCc1ccccc1)N1CC(N2CCC(c3ccccc3)CC2)C1. The summed E-state index contributed by atoms with van der Waals surface area (Å²) in [6.07, 6.45) is 2.45. The van der Waals surface area contributed by atoms with E-state index in [1.807, 2.05) is 35.2 Å². The lowest BCUT2D eigenvalue weighted by Gasteiger charge is -2.47. The van der Waals surface area contributed by atoms with Crippen LogP contribution in [0, 0.1) is 0 Å². The number of hydrogen-bond acceptors (Lipinski definition) is 2. The maximum absolute atomic E-state index is 12.3. The van der Waals surface area contributed by atoms with Gasteiger partial charge in [0.1, 0.15) is 0 Å². The molecule has 1 N–H and O–H groups in total. The van der Waals surface area contributed by atoms with E-state index in [0.29, 0.717) is 18.5 Å². The number of piperidine rings is 1. The highest BCUT2D eigenvalue weighted by atomic mass is 16.2. The summed E-state index contributed by atoms with van der Waals surface area (Å²) >= 11 is 0. The van der Waals surface area contributed by atoms with Crippen molar-refractivity contribution in [2.24, 2.45) is 0 Å². The Labute approximate surface area is 155 Å². The Kier molecular flexibility index (Phi) is 5.21. The zero-order valence-corrected chi connectivity index (χ0v) is 15.2. The van der Waals surface area contributed by atoms with Crippen molar-refractivity contribution in [1.29, 1.82) is 0 Å². The molecule has 0 atom stereocenters. The molecule has 2 aromatic rings. The van der Waals surface area contributed by atoms with Gasteiger partial charge in [-0.25, -0.2) is 4.79 Å². The van der Waals surface area contributed by atoms with Gasteiger partial charge in [0.05, 0.1) is 0 Å². The predicted octanol–water partition coefficient (Wildman–Crippen LogP) is 3.46. The lowest BCUT2D eigenvalue weighted by molar-refractivity contribution is 0.0413. The molecule has 0 saturated carbocycles. The van der Waals surface area contributed by atoms with Crippen molar-refractivity contribution in [3.63, 3.8) is 0 Å². The zero-order chi connectivity index (χ0) is 17.8. The minimum atomic E-state index is 0.0595. The van der Waals surface area contributed by atoms with E-state index in [0.717, 1.165) is 31.7 Å². The van der Waals surface area contributed by atoms with Gasteiger partial charge in [-0.1, -0.05) is 60.7 Å². The Balaban J connectivity index is 1.19. The van der Waals surface area contributed by atoms with Gasteiger partial charge in [0.15, 0.2) is 0 Å². The highest BCUT2D eigenvalue weighted by molar-refractivity contribution is 5.75. The molecular weight excluding hydrogens is 322 g/mol. The second-order valence-corrected chi connectivity index (χ2v) is 7.42. The summed E-state index contributed by atoms with van der Waals surface area (Å²) < 4.78 is 0. The van der Waals surface area contributed by atoms with Crippen LogP contribution in [0.15, 0.2) is 60.7 Å². The molecule has 0 aliphatic carbocycles. The number of nitrogens with one attached hydrogen (secondary N) is 1. The number of nitrogens with zero attached hydrogens (tertiary/aromatic N) is 2. The van der Waals surface area contributed by atoms with E-state index >= 15 is 0 Å². The number of rotatable bonds is 4. The third-order valence-corrected chi connectivity index (χ3v) is 5.75. The standard InChI is InChI=1S/C22H27N3O/c26-22(23-15-18-7-3-1-4-8-18)25-16-21(17-25)24-13-11-20(12-14-24)19-9-5-2-6-10-19/h1-10,20-21H,11-17H2,(H,23,26). The third kappa shape index (κ3) is 3.91. The van der Waals surface area contributed by atoms with Crippen LogP contribution >= 0.6 is 0 Å². The number of hydrogen-bond donors (Lipinski definition) is 1. The van der Waals surface area contributed by atoms with Crippen LogP contribution in [0.2, 0.25) is 0 Å². The first-order valence-electron chi connectivity index (χ1n) is 9.65. The van der Waals surface area contributed by atoms with E-state index in [-0.39, 0.29) is 6.03 Å². The fourth-order valence-electron chi connectivity index (χ4n) is 4.06. The summed E-state index contributed by atoms with van der Waals surface area (Å²) in [6.45, 7) is 4.60. The summed E-state index contributed by atoms with van der Waals surface area (Å²) in [7, 11) is 0. The van der Waals surface area contributed by atoms with Gasteiger partial charge in [0, 0.05) is 25.7 Å². The van der Waals surface area contributed by atoms with Crippen LogP contribution in [0.25, 0.3) is 0 Å². The monoisotopic (exact) mass is 349 g/mol. The van der Waals surface area contributed by atoms with Gasteiger partial charge in [-0.2, -0.15) is 0 Å². The molecular formula is C22H27N3O. The van der Waals surface area contributed by atoms with Crippen LogP contribution < -0.4 is 5.32 Å². The molecule has 2 saturated heterocycles. The summed E-state index contributed by atoms with van der Waals surface area (Å²) in [6, 6.07) is 21.5. The summed E-state index contributed by atoms with van der Waals surface area (Å²) in [4.78, 5) is 16.8. The van der Waals surface area contributed by atoms with Crippen LogP contribution in [-0.4, -0.2) is 48.1 Å². The molecule has 0 spiro atoms. The maximum atomic E-state index is 12.3. The molecule has 0 aromatic heterocycles. The predicted molar refractivity (Wildman–Crippen MR) is 104 cm³/mol. The van der Waals surface area contributed by atoms with E-state index < -0.39 is 0 Å². The van der Waals surface area contributed by atoms with Crippen LogP contribution in [0.1, 0.15) is 29.9 Å². The molecule has 0 bridgehead atoms. The first kappa shape index (κ1) is 17.1. The van der Waals surface area contributed by atoms with E-state index in [2.05, 4.69) is 40.5 Å². The lowest BCUT2D eigenvalue weighted by atomic mass is 9.88. The molecule has 2 amide bonds. The van der Waals surface area contributed by atoms with E-state index in [1.54, 1.807) is 0 Å². The number of benzene rings is 2. The zero-order valence-electron chi connectivity index (χ0n) is 15.2. The van der Waals surface area contributed by atoms with Gasteiger partial charge in [-0.15, -0.1) is 0 Å². The Bertz CT molecular complexity index is 705. The quantitative estimate of drug-likeness (QED) is 0.917. The minimum absolute atomic E-state index is 0.0595. The largest absolute Gasteiger partial charge is 0.334 e. The molecule has 2 aromatic carbocycles. The van der Waals surface area contributed by atoms with Crippen molar-refractivity contribution < 1.29 is 4.79 Å². The molecule has 2 aliphatic rings. The molecule has 4 rings (SSSR count). The normalized spacial score (nSPS) is 19.2. The summed E-state index contributed by atoms with van der Waals surface area (Å²) in [5.41, 5.74) is 2.61. The highest BCUT2D eigenvalue weighted by Crippen LogP contribution is 2.30. The number of amides is 2. The molecule has 0 unspecified atom stereocenters. The first-order valence-corrected chi connectivity index (χ1v) is 9.65. The van der Waals surface area contributed by atoms with Gasteiger partial charge in [-0.05, 0) is 43.0 Å². The Morgan fingerprint density at radius 2 is 1.54 bits per heavy atom. The van der Waals surface area contributed by atoms with Crippen molar-refractivity contribution in [3.8, 4) is 0 Å². The fourth-order valence-corrected chi connectivity index (χ4v) is 4.06. The first-order chi connectivity index (χ1) is 12.8. The second kappa shape index (κ2) is 7.92. The average molecular weight is 349 g/mol. The minimum Gasteiger partial charge on any atom is -0.334 e. The second-order valence-electron chi connectivity index (χ2n) is 7.42. The molecule has 4 nitrogen and oxygen atoms in total. The number of carbonyl (C=O) groups is 1. The number of likely N-dealkylation sites (tertiary alicyclic amines) is 2. The Hall–Kier alpha value is -2.33. The molecule has 2 fully saturated rings. The van der Waals surface area contributed by atoms with Crippen LogP contribution in [0.5, 0.6) is 0 Å². The van der Waals surface area contributed by atoms with Crippen molar-refractivity contribution in [2.75, 3.05) is 26.2 Å². The van der Waals surface area contributed by atoms with Gasteiger partial charge < -0.3 is 10.2 Å². The van der Waals surface area contributed by atoms with E-state index in [1.165, 1.54) is 18.4 Å². The Morgan fingerprint density at radius 3 is 2.19 bits per heavy atom. The lowest BCUT2D eigenvalue weighted by Crippen LogP contribution is -2.63. The van der Waals surface area contributed by atoms with Crippen molar-refractivity contribution in [1.82, 2.24) is 15.1 Å². The average Bonchev–Trinajstić information content (AvgIpc) is 2.67. The van der Waals surface area contributed by atoms with Crippen molar-refractivity contribution in [2.45, 2.75) is 31.3 Å². The van der Waals surface area contributed by atoms with Gasteiger partial charge in [-0.3, -0.25) is 4.90 Å². The van der Waals surface area contributed by atoms with E-state index in [9.17, 15) is 4.79 Å². The van der Waals surface area contributed by atoms with Crippen LogP contribution in [0.3, 0.4) is 0 Å². The third-order valence-electron chi connectivity index (χ3n) is 5.75. The number of urea groups is 1. The molecule has 2 heterocycles. The molecule has 136 valence electrons. The Morgan fingerprint density at radius 1 is 0.923 bits per heavy atom. The topological polar surface area (TPSA) is 35.6 Å². The van der Waals surface area contributed by atoms with Crippen molar-refractivity contribution >= 4 is 6.03 Å². The summed E-state index contributed by atoms with van der Waals surface area (Å²) in [5, 5.41) is 3.02. The van der Waals surface area contributed by atoms with Gasteiger partial charge >= 0.3 is 6.03 Å². The summed E-state index contributed by atoms with van der Waals surface area (Å²) in [5.74, 6) is 0.692. The van der Waals surface area contributed by atoms with Gasteiger partial charge in [0.25, 0.3) is 0 Å². The molecule has 4 heteroatoms. The fraction of sp³-hybridized carbons (Fsp3) is 0.409. The van der Waals surface area contributed by atoms with E-state index in [4.69, 9.17) is 0 Å². The van der Waals surface area contributed by atoms with Crippen LogP contribution in [-0.2, 0) is 6.54 Å². The smallest absolute Gasteiger partial charge is 0.317 e. The van der Waals surface area contributed by atoms with Crippen LogP contribution in [0.4, 0.5) is 4.79 Å². The maximum Gasteiger partial charge on any atom is 0.317 e. The number of carbonyl (C=O) groups excluding carboxylic acids is 1. The van der Waals surface area contributed by atoms with Crippen molar-refractivity contribution in [3.05, 3.63) is 71.8 Å². The van der Waals surface area contributed by atoms with Gasteiger partial charge in [0.2, 0.25) is 0 Å². The molecule has 2 aliphatic heterocycles. The highest BCUT2D eigenvalue weighted by Gasteiger charge is 2.36.